The topological polar surface area (TPSA) is 78.3 Å². The van der Waals surface area contributed by atoms with Gasteiger partial charge in [0.25, 0.3) is 0 Å². The van der Waals surface area contributed by atoms with E-state index in [2.05, 4.69) is 11.7 Å². The summed E-state index contributed by atoms with van der Waals surface area (Å²) in [6.45, 7) is 0. The molecule has 0 bridgehead atoms. The molecule has 0 saturated heterocycles. The fourth-order valence-corrected chi connectivity index (χ4v) is 0.682. The number of ether oxygens (including phenoxy) is 1. The molecule has 0 fully saturated rings. The lowest BCUT2D eigenvalue weighted by Gasteiger charge is -1.96. The van der Waals surface area contributed by atoms with Gasteiger partial charge in [-0.3, -0.25) is 16.5 Å². The normalized spacial score (nSPS) is 7.92. The third-order valence-corrected chi connectivity index (χ3v) is 1.25. The number of hydrogen-bond acceptors (Lipinski definition) is 4. The van der Waals surface area contributed by atoms with Gasteiger partial charge in [-0.1, -0.05) is 0 Å². The van der Waals surface area contributed by atoms with E-state index >= 15 is 0 Å². The molecule has 1 aromatic rings. The highest BCUT2D eigenvalue weighted by Gasteiger charge is 1.89. The monoisotopic (exact) mass is 168 g/mol. The van der Waals surface area contributed by atoms with Crippen molar-refractivity contribution in [2.45, 2.75) is 0 Å². The van der Waals surface area contributed by atoms with Crippen molar-refractivity contribution in [2.75, 3.05) is 7.11 Å². The quantitative estimate of drug-likeness (QED) is 0.379. The van der Waals surface area contributed by atoms with Gasteiger partial charge in [0.15, 0.2) is 0 Å². The Morgan fingerprint density at radius 2 is 1.75 bits per heavy atom. The Morgan fingerprint density at radius 1 is 1.25 bits per heavy atom. The third kappa shape index (κ3) is 3.14. The van der Waals surface area contributed by atoms with Gasteiger partial charge in [0.2, 0.25) is 0 Å². The van der Waals surface area contributed by atoms with Crippen LogP contribution in [0.2, 0.25) is 0 Å². The molecular formula is C8H12N2O2. The molecule has 12 heavy (non-hydrogen) atoms. The number of benzene rings is 1. The first kappa shape index (κ1) is 10.6. The molecule has 0 saturated carbocycles. The van der Waals surface area contributed by atoms with E-state index in [1.54, 1.807) is 31.4 Å². The zero-order chi connectivity index (χ0) is 9.40. The van der Waals surface area contributed by atoms with Gasteiger partial charge in [-0.25, -0.2) is 0 Å². The lowest BCUT2D eigenvalue weighted by atomic mass is 10.2. The predicted molar refractivity (Wildman–Crippen MR) is 46.8 cm³/mol. The highest BCUT2D eigenvalue weighted by Crippen LogP contribution is 2.09. The molecule has 4 N–H and O–H groups in total. The maximum absolute atomic E-state index is 10.2. The van der Waals surface area contributed by atoms with Crippen LogP contribution in [0.15, 0.2) is 24.3 Å². The Labute approximate surface area is 71.1 Å². The molecule has 0 radical (unpaired) electrons. The minimum Gasteiger partial charge on any atom is -0.497 e. The van der Waals surface area contributed by atoms with Gasteiger partial charge >= 0.3 is 0 Å². The molecule has 0 aromatic heterocycles. The summed E-state index contributed by atoms with van der Waals surface area (Å²) in [6, 6.07) is 6.94. The Bertz CT molecular complexity index is 221. The van der Waals surface area contributed by atoms with Crippen molar-refractivity contribution in [2.24, 2.45) is 11.7 Å². The Morgan fingerprint density at radius 3 is 2.08 bits per heavy atom. The summed E-state index contributed by atoms with van der Waals surface area (Å²) < 4.78 is 4.90. The van der Waals surface area contributed by atoms with Crippen molar-refractivity contribution in [1.29, 1.82) is 0 Å². The number of methoxy groups -OCH3 is 1. The first-order valence-electron chi connectivity index (χ1n) is 3.29. The van der Waals surface area contributed by atoms with Crippen LogP contribution in [0.25, 0.3) is 0 Å². The zero-order valence-corrected chi connectivity index (χ0v) is 6.86. The smallest absolute Gasteiger partial charge is 0.150 e. The molecule has 0 aliphatic heterocycles. The molecule has 0 aliphatic rings. The average Bonchev–Trinajstić information content (AvgIpc) is 2.21. The van der Waals surface area contributed by atoms with E-state index < -0.39 is 0 Å². The number of rotatable bonds is 2. The minimum atomic E-state index is 0.667. The van der Waals surface area contributed by atoms with Crippen LogP contribution in [0.5, 0.6) is 5.75 Å². The van der Waals surface area contributed by atoms with Crippen molar-refractivity contribution >= 4 is 6.29 Å². The number of hydrogen-bond donors (Lipinski definition) is 2. The summed E-state index contributed by atoms with van der Waals surface area (Å²) in [5, 5.41) is 0. The van der Waals surface area contributed by atoms with E-state index in [0.29, 0.717) is 5.56 Å². The first-order chi connectivity index (χ1) is 5.86. The van der Waals surface area contributed by atoms with E-state index in [4.69, 9.17) is 4.74 Å². The third-order valence-electron chi connectivity index (χ3n) is 1.25. The molecule has 0 aliphatic carbocycles. The fraction of sp³-hybridized carbons (Fsp3) is 0.125. The maximum Gasteiger partial charge on any atom is 0.150 e. The largest absolute Gasteiger partial charge is 0.497 e. The van der Waals surface area contributed by atoms with Gasteiger partial charge in [-0.15, -0.1) is 0 Å². The number of nitrogens with two attached hydrogens (primary N) is 2. The molecule has 4 nitrogen and oxygen atoms in total. The average molecular weight is 168 g/mol. The second-order valence-electron chi connectivity index (χ2n) is 1.89. The molecule has 0 unspecified atom stereocenters. The summed E-state index contributed by atoms with van der Waals surface area (Å²) in [5.41, 5.74) is 0.667. The zero-order valence-electron chi connectivity index (χ0n) is 6.86. The molecular weight excluding hydrogens is 156 g/mol. The van der Waals surface area contributed by atoms with Crippen LogP contribution in [-0.2, 0) is 0 Å². The number of aldehydes is 1. The van der Waals surface area contributed by atoms with E-state index in [1.165, 1.54) is 0 Å². The summed E-state index contributed by atoms with van der Waals surface area (Å²) in [4.78, 5) is 10.2. The van der Waals surface area contributed by atoms with Gasteiger partial charge < -0.3 is 4.74 Å². The van der Waals surface area contributed by atoms with Gasteiger partial charge in [-0.05, 0) is 24.3 Å². The predicted octanol–water partition coefficient (Wildman–Crippen LogP) is 0.327. The summed E-state index contributed by atoms with van der Waals surface area (Å²) >= 11 is 0. The first-order valence-corrected chi connectivity index (χ1v) is 3.29. The van der Waals surface area contributed by atoms with Gasteiger partial charge in [0, 0.05) is 5.56 Å². The molecule has 1 aromatic carbocycles. The van der Waals surface area contributed by atoms with E-state index in [1.807, 2.05) is 0 Å². The van der Waals surface area contributed by atoms with E-state index in [0.717, 1.165) is 12.0 Å². The van der Waals surface area contributed by atoms with Crippen LogP contribution in [0.1, 0.15) is 10.4 Å². The molecule has 0 amide bonds. The van der Waals surface area contributed by atoms with Crippen LogP contribution in [0.4, 0.5) is 0 Å². The summed E-state index contributed by atoms with van der Waals surface area (Å²) in [7, 11) is 1.59. The summed E-state index contributed by atoms with van der Waals surface area (Å²) in [6.07, 6.45) is 0.805. The maximum atomic E-state index is 10.2. The molecule has 0 heterocycles. The lowest BCUT2D eigenvalue weighted by molar-refractivity contribution is 0.112. The Balaban J connectivity index is 0.000000561. The van der Waals surface area contributed by atoms with Crippen molar-refractivity contribution in [3.63, 3.8) is 0 Å². The van der Waals surface area contributed by atoms with Crippen LogP contribution >= 0.6 is 0 Å². The Hall–Kier alpha value is -1.39. The molecule has 1 rings (SSSR count). The number of hydrazine groups is 1. The van der Waals surface area contributed by atoms with Gasteiger partial charge in [-0.2, -0.15) is 0 Å². The van der Waals surface area contributed by atoms with Crippen LogP contribution in [-0.4, -0.2) is 13.4 Å². The number of carbonyl (C=O) groups excluding carboxylic acids is 1. The molecule has 66 valence electrons. The molecule has 4 heteroatoms. The van der Waals surface area contributed by atoms with Gasteiger partial charge in [0.1, 0.15) is 12.0 Å². The standard InChI is InChI=1S/C8H8O2.H4N2/c1-10-8-4-2-7(6-9)3-5-8;1-2/h2-6H,1H3;1-2H2. The van der Waals surface area contributed by atoms with Crippen molar-refractivity contribution in [3.05, 3.63) is 29.8 Å². The van der Waals surface area contributed by atoms with E-state index in [-0.39, 0.29) is 0 Å². The van der Waals surface area contributed by atoms with Crippen LogP contribution in [0, 0.1) is 0 Å². The van der Waals surface area contributed by atoms with Crippen molar-refractivity contribution in [3.8, 4) is 5.75 Å². The van der Waals surface area contributed by atoms with Gasteiger partial charge in [0.05, 0.1) is 7.11 Å². The summed E-state index contributed by atoms with van der Waals surface area (Å²) in [5.74, 6) is 8.77. The second-order valence-corrected chi connectivity index (χ2v) is 1.89. The van der Waals surface area contributed by atoms with E-state index in [9.17, 15) is 4.79 Å². The van der Waals surface area contributed by atoms with Crippen molar-refractivity contribution < 1.29 is 9.53 Å². The molecule has 0 atom stereocenters. The fourth-order valence-electron chi connectivity index (χ4n) is 0.682. The molecule has 0 spiro atoms. The van der Waals surface area contributed by atoms with Crippen LogP contribution < -0.4 is 16.4 Å². The highest BCUT2D eigenvalue weighted by molar-refractivity contribution is 5.74. The van der Waals surface area contributed by atoms with Crippen LogP contribution in [0.3, 0.4) is 0 Å². The Kier molecular flexibility index (Phi) is 5.60. The van der Waals surface area contributed by atoms with Crippen molar-refractivity contribution in [1.82, 2.24) is 0 Å². The number of carbonyl (C=O) groups is 1. The minimum absolute atomic E-state index is 0.667. The lowest BCUT2D eigenvalue weighted by Crippen LogP contribution is -2.02. The second kappa shape index (κ2) is 6.33. The highest BCUT2D eigenvalue weighted by atomic mass is 16.5. The SMILES string of the molecule is COc1ccc(C=O)cc1.NN.